The molecule has 0 aliphatic heterocycles. The molecule has 6 nitrogen and oxygen atoms in total. The minimum atomic E-state index is 0.360. The predicted molar refractivity (Wildman–Crippen MR) is 72.9 cm³/mol. The van der Waals surface area contributed by atoms with Crippen molar-refractivity contribution in [2.45, 2.75) is 0 Å². The van der Waals surface area contributed by atoms with Crippen molar-refractivity contribution in [3.8, 4) is 23.0 Å². The molecule has 2 N–H and O–H groups in total. The quantitative estimate of drug-likeness (QED) is 0.730. The lowest BCUT2D eigenvalue weighted by molar-refractivity contribution is 0.432. The van der Waals surface area contributed by atoms with Gasteiger partial charge < -0.3 is 10.3 Å². The Morgan fingerprint density at radius 2 is 2.11 bits per heavy atom. The molecule has 19 heavy (non-hydrogen) atoms. The summed E-state index contributed by atoms with van der Waals surface area (Å²) in [4.78, 5) is 12.2. The number of nitrogens with two attached hydrogens (primary N) is 1. The number of hydrogen-bond acceptors (Lipinski definition) is 6. The zero-order chi connectivity index (χ0) is 13.2. The van der Waals surface area contributed by atoms with Crippen LogP contribution in [0.4, 0.5) is 5.69 Å². The van der Waals surface area contributed by atoms with E-state index in [9.17, 15) is 0 Å². The molecule has 2 heterocycles. The summed E-state index contributed by atoms with van der Waals surface area (Å²) in [5.41, 5.74) is 7.77. The van der Waals surface area contributed by atoms with E-state index in [0.29, 0.717) is 28.7 Å². The van der Waals surface area contributed by atoms with Gasteiger partial charge in [-0.2, -0.15) is 4.98 Å². The number of anilines is 1. The molecule has 0 saturated carbocycles. The SMILES string of the molecule is Nc1cc(Br)ccc1-c1nc(-c2ccncn2)no1. The summed E-state index contributed by atoms with van der Waals surface area (Å²) in [6.45, 7) is 0. The molecule has 0 unspecified atom stereocenters. The predicted octanol–water partition coefficient (Wildman–Crippen LogP) is 2.54. The number of halogens is 1. The van der Waals surface area contributed by atoms with Crippen molar-refractivity contribution in [1.29, 1.82) is 0 Å². The van der Waals surface area contributed by atoms with E-state index in [-0.39, 0.29) is 0 Å². The fourth-order valence-corrected chi connectivity index (χ4v) is 1.97. The molecule has 0 fully saturated rings. The summed E-state index contributed by atoms with van der Waals surface area (Å²) >= 11 is 3.35. The van der Waals surface area contributed by atoms with Crippen LogP contribution in [0.3, 0.4) is 0 Å². The number of aromatic nitrogens is 4. The molecule has 0 radical (unpaired) electrons. The second-order valence-electron chi connectivity index (χ2n) is 3.75. The van der Waals surface area contributed by atoms with E-state index in [1.54, 1.807) is 18.3 Å². The van der Waals surface area contributed by atoms with Crippen molar-refractivity contribution in [3.63, 3.8) is 0 Å². The number of benzene rings is 1. The van der Waals surface area contributed by atoms with Gasteiger partial charge >= 0.3 is 0 Å². The maximum Gasteiger partial charge on any atom is 0.260 e. The number of nitrogen functional groups attached to an aromatic ring is 1. The molecule has 2 aromatic heterocycles. The molecule has 0 atom stereocenters. The van der Waals surface area contributed by atoms with E-state index in [2.05, 4.69) is 36.0 Å². The largest absolute Gasteiger partial charge is 0.398 e. The highest BCUT2D eigenvalue weighted by Crippen LogP contribution is 2.28. The van der Waals surface area contributed by atoms with Gasteiger partial charge in [-0.3, -0.25) is 0 Å². The number of hydrogen-bond donors (Lipinski definition) is 1. The maximum absolute atomic E-state index is 5.92. The Kier molecular flexibility index (Phi) is 2.96. The van der Waals surface area contributed by atoms with Crippen molar-refractivity contribution in [1.82, 2.24) is 20.1 Å². The van der Waals surface area contributed by atoms with Crippen molar-refractivity contribution < 1.29 is 4.52 Å². The maximum atomic E-state index is 5.92. The summed E-state index contributed by atoms with van der Waals surface area (Å²) in [7, 11) is 0. The number of nitrogens with zero attached hydrogens (tertiary/aromatic N) is 4. The Morgan fingerprint density at radius 1 is 1.21 bits per heavy atom. The van der Waals surface area contributed by atoms with Crippen LogP contribution in [0.25, 0.3) is 23.0 Å². The number of rotatable bonds is 2. The van der Waals surface area contributed by atoms with Crippen LogP contribution in [0.2, 0.25) is 0 Å². The summed E-state index contributed by atoms with van der Waals surface area (Å²) in [6, 6.07) is 7.17. The topological polar surface area (TPSA) is 90.7 Å². The first-order valence-corrected chi connectivity index (χ1v) is 6.19. The first-order chi connectivity index (χ1) is 9.24. The molecule has 0 bridgehead atoms. The second-order valence-corrected chi connectivity index (χ2v) is 4.67. The van der Waals surface area contributed by atoms with E-state index in [0.717, 1.165) is 4.47 Å². The average Bonchev–Trinajstić information content (AvgIpc) is 2.89. The van der Waals surface area contributed by atoms with Gasteiger partial charge in [-0.1, -0.05) is 21.1 Å². The summed E-state index contributed by atoms with van der Waals surface area (Å²) in [5.74, 6) is 0.762. The zero-order valence-corrected chi connectivity index (χ0v) is 11.2. The van der Waals surface area contributed by atoms with Gasteiger partial charge in [-0.15, -0.1) is 0 Å². The van der Waals surface area contributed by atoms with Gasteiger partial charge in [0.2, 0.25) is 5.82 Å². The standard InChI is InChI=1S/C12H8BrN5O/c13-7-1-2-8(9(14)5-7)12-17-11(18-19-12)10-3-4-15-6-16-10/h1-6H,14H2. The Morgan fingerprint density at radius 3 is 2.84 bits per heavy atom. The fraction of sp³-hybridized carbons (Fsp3) is 0. The second kappa shape index (κ2) is 4.77. The highest BCUT2D eigenvalue weighted by Gasteiger charge is 2.13. The molecular formula is C12H8BrN5O. The lowest BCUT2D eigenvalue weighted by atomic mass is 10.2. The van der Waals surface area contributed by atoms with Gasteiger partial charge in [0.05, 0.1) is 5.56 Å². The normalized spacial score (nSPS) is 10.6. The third kappa shape index (κ3) is 2.32. The summed E-state index contributed by atoms with van der Waals surface area (Å²) < 4.78 is 6.10. The first-order valence-electron chi connectivity index (χ1n) is 5.39. The van der Waals surface area contributed by atoms with Crippen molar-refractivity contribution in [3.05, 3.63) is 41.3 Å². The van der Waals surface area contributed by atoms with Crippen LogP contribution in [0.1, 0.15) is 0 Å². The third-order valence-electron chi connectivity index (χ3n) is 2.48. The van der Waals surface area contributed by atoms with Crippen LogP contribution in [0.15, 0.2) is 45.8 Å². The molecule has 7 heteroatoms. The van der Waals surface area contributed by atoms with Crippen LogP contribution >= 0.6 is 15.9 Å². The summed E-state index contributed by atoms with van der Waals surface area (Å²) in [6.07, 6.45) is 3.05. The van der Waals surface area contributed by atoms with Crippen molar-refractivity contribution >= 4 is 21.6 Å². The first kappa shape index (κ1) is 11.8. The molecule has 1 aromatic carbocycles. The van der Waals surface area contributed by atoms with Gasteiger partial charge in [0.25, 0.3) is 5.89 Å². The van der Waals surface area contributed by atoms with Crippen LogP contribution in [0, 0.1) is 0 Å². The average molecular weight is 318 g/mol. The smallest absolute Gasteiger partial charge is 0.260 e. The highest BCUT2D eigenvalue weighted by atomic mass is 79.9. The molecule has 0 saturated heterocycles. The van der Waals surface area contributed by atoms with E-state index in [4.69, 9.17) is 10.3 Å². The molecule has 0 spiro atoms. The van der Waals surface area contributed by atoms with Crippen LogP contribution in [0.5, 0.6) is 0 Å². The van der Waals surface area contributed by atoms with Gasteiger partial charge in [0.15, 0.2) is 0 Å². The lowest BCUT2D eigenvalue weighted by Gasteiger charge is -2.00. The molecule has 94 valence electrons. The summed E-state index contributed by atoms with van der Waals surface area (Å²) in [5, 5.41) is 3.88. The Hall–Kier alpha value is -2.28. The van der Waals surface area contributed by atoms with Crippen LogP contribution in [-0.2, 0) is 0 Å². The van der Waals surface area contributed by atoms with Crippen molar-refractivity contribution in [2.24, 2.45) is 0 Å². The fourth-order valence-electron chi connectivity index (χ4n) is 1.59. The van der Waals surface area contributed by atoms with Gasteiger partial charge in [-0.25, -0.2) is 9.97 Å². The van der Waals surface area contributed by atoms with Crippen LogP contribution in [-0.4, -0.2) is 20.1 Å². The highest BCUT2D eigenvalue weighted by molar-refractivity contribution is 9.10. The zero-order valence-electron chi connectivity index (χ0n) is 9.62. The van der Waals surface area contributed by atoms with Crippen LogP contribution < -0.4 is 5.73 Å². The van der Waals surface area contributed by atoms with Crippen molar-refractivity contribution in [2.75, 3.05) is 5.73 Å². The van der Waals surface area contributed by atoms with Gasteiger partial charge in [-0.05, 0) is 24.3 Å². The molecule has 0 amide bonds. The Bertz CT molecular complexity index is 713. The van der Waals surface area contributed by atoms with Gasteiger partial charge in [0.1, 0.15) is 12.0 Å². The Balaban J connectivity index is 2.02. The lowest BCUT2D eigenvalue weighted by Crippen LogP contribution is -1.90. The molecule has 0 aliphatic rings. The van der Waals surface area contributed by atoms with E-state index in [1.165, 1.54) is 6.33 Å². The molecule has 3 aromatic rings. The molecular weight excluding hydrogens is 310 g/mol. The third-order valence-corrected chi connectivity index (χ3v) is 2.97. The molecule has 3 rings (SSSR count). The minimum absolute atomic E-state index is 0.360. The molecule has 0 aliphatic carbocycles. The Labute approximate surface area is 116 Å². The van der Waals surface area contributed by atoms with E-state index in [1.807, 2.05) is 12.1 Å². The van der Waals surface area contributed by atoms with E-state index >= 15 is 0 Å². The van der Waals surface area contributed by atoms with Gasteiger partial charge in [0, 0.05) is 16.4 Å². The van der Waals surface area contributed by atoms with E-state index < -0.39 is 0 Å². The monoisotopic (exact) mass is 317 g/mol. The minimum Gasteiger partial charge on any atom is -0.398 e.